The fourth-order valence-corrected chi connectivity index (χ4v) is 3.04. The lowest BCUT2D eigenvalue weighted by atomic mass is 10.0. The number of nitrogens with one attached hydrogen (secondary N) is 3. The number of benzene rings is 2. The molecular formula is C21H29N3O2S. The van der Waals surface area contributed by atoms with Crippen molar-refractivity contribution in [1.82, 2.24) is 16.2 Å². The van der Waals surface area contributed by atoms with Crippen LogP contribution in [-0.2, 0) is 0 Å². The molecule has 2 rings (SSSR count). The zero-order valence-electron chi connectivity index (χ0n) is 16.3. The highest BCUT2D eigenvalue weighted by atomic mass is 32.1. The Morgan fingerprint density at radius 1 is 1.15 bits per heavy atom. The van der Waals surface area contributed by atoms with Crippen molar-refractivity contribution in [2.45, 2.75) is 39.5 Å². The third kappa shape index (κ3) is 6.40. The van der Waals surface area contributed by atoms with E-state index in [2.05, 4.69) is 30.0 Å². The molecule has 0 bridgehead atoms. The van der Waals surface area contributed by atoms with Crippen LogP contribution in [0.5, 0.6) is 5.75 Å². The van der Waals surface area contributed by atoms with Crippen molar-refractivity contribution in [2.24, 2.45) is 5.92 Å². The number of unbranched alkanes of at least 4 members (excludes halogenated alkanes) is 2. The summed E-state index contributed by atoms with van der Waals surface area (Å²) in [4.78, 5) is 12.5. The molecule has 2 aromatic carbocycles. The predicted molar refractivity (Wildman–Crippen MR) is 115 cm³/mol. The first-order chi connectivity index (χ1) is 13.0. The minimum absolute atomic E-state index is 0.294. The lowest BCUT2D eigenvalue weighted by molar-refractivity contribution is 0.0941. The molecule has 0 aliphatic rings. The molecule has 146 valence electrons. The Labute approximate surface area is 166 Å². The summed E-state index contributed by atoms with van der Waals surface area (Å²) < 4.78 is 5.37. The minimum Gasteiger partial charge on any atom is -0.496 e. The van der Waals surface area contributed by atoms with Gasteiger partial charge in [-0.2, -0.15) is 0 Å². The standard InChI is InChI=1S/C21H29N3O2S/c1-4-5-6-9-15(2)14-22-21(27)24-23-20(25)18-12-16-10-7-8-11-17(16)13-19(18)26-3/h7-8,10-13,15H,4-6,9,14H2,1-3H3,(H,23,25)(H2,22,24,27)/t15-/m0/s1. The number of carbonyl (C=O) groups excluding carboxylic acids is 1. The van der Waals surface area contributed by atoms with Crippen LogP contribution in [0.15, 0.2) is 36.4 Å². The third-order valence-electron chi connectivity index (χ3n) is 4.51. The summed E-state index contributed by atoms with van der Waals surface area (Å²) in [6.07, 6.45) is 4.89. The van der Waals surface area contributed by atoms with Gasteiger partial charge in [0.2, 0.25) is 0 Å². The van der Waals surface area contributed by atoms with E-state index in [1.54, 1.807) is 7.11 Å². The van der Waals surface area contributed by atoms with E-state index in [0.29, 0.717) is 22.3 Å². The summed E-state index contributed by atoms with van der Waals surface area (Å²) >= 11 is 5.25. The van der Waals surface area contributed by atoms with Gasteiger partial charge in [0.05, 0.1) is 12.7 Å². The molecule has 27 heavy (non-hydrogen) atoms. The number of fused-ring (bicyclic) bond motifs is 1. The predicted octanol–water partition coefficient (Wildman–Crippen LogP) is 4.17. The van der Waals surface area contributed by atoms with Crippen molar-refractivity contribution < 1.29 is 9.53 Å². The lowest BCUT2D eigenvalue weighted by Gasteiger charge is -2.16. The Morgan fingerprint density at radius 3 is 2.52 bits per heavy atom. The molecule has 0 aromatic heterocycles. The maximum Gasteiger partial charge on any atom is 0.273 e. The molecule has 0 unspecified atom stereocenters. The number of carbonyl (C=O) groups is 1. The van der Waals surface area contributed by atoms with Crippen molar-refractivity contribution in [1.29, 1.82) is 0 Å². The van der Waals surface area contributed by atoms with Crippen LogP contribution in [0.2, 0.25) is 0 Å². The second-order valence-corrected chi connectivity index (χ2v) is 7.20. The van der Waals surface area contributed by atoms with Crippen LogP contribution in [0, 0.1) is 5.92 Å². The van der Waals surface area contributed by atoms with Crippen LogP contribution in [0.4, 0.5) is 0 Å². The van der Waals surface area contributed by atoms with E-state index in [1.807, 2.05) is 36.4 Å². The van der Waals surface area contributed by atoms with E-state index in [4.69, 9.17) is 17.0 Å². The Morgan fingerprint density at radius 2 is 1.85 bits per heavy atom. The first-order valence-electron chi connectivity index (χ1n) is 9.46. The lowest BCUT2D eigenvalue weighted by Crippen LogP contribution is -2.47. The van der Waals surface area contributed by atoms with Crippen LogP contribution < -0.4 is 20.9 Å². The summed E-state index contributed by atoms with van der Waals surface area (Å²) in [6.45, 7) is 5.18. The van der Waals surface area contributed by atoms with E-state index in [0.717, 1.165) is 17.3 Å². The summed E-state index contributed by atoms with van der Waals surface area (Å²) in [6, 6.07) is 11.5. The highest BCUT2D eigenvalue weighted by Gasteiger charge is 2.14. The molecule has 1 amide bonds. The molecular weight excluding hydrogens is 358 g/mol. The zero-order chi connectivity index (χ0) is 19.6. The topological polar surface area (TPSA) is 62.4 Å². The Kier molecular flexibility index (Phi) is 8.33. The van der Waals surface area contributed by atoms with Gasteiger partial charge in [-0.05, 0) is 47.5 Å². The van der Waals surface area contributed by atoms with Gasteiger partial charge in [-0.3, -0.25) is 15.6 Å². The van der Waals surface area contributed by atoms with E-state index in [9.17, 15) is 4.79 Å². The first-order valence-corrected chi connectivity index (χ1v) is 9.87. The van der Waals surface area contributed by atoms with Crippen molar-refractivity contribution in [3.63, 3.8) is 0 Å². The number of rotatable bonds is 8. The Hall–Kier alpha value is -2.34. The van der Waals surface area contributed by atoms with Crippen molar-refractivity contribution >= 4 is 34.0 Å². The third-order valence-corrected chi connectivity index (χ3v) is 4.76. The second kappa shape index (κ2) is 10.7. The summed E-state index contributed by atoms with van der Waals surface area (Å²) in [7, 11) is 1.56. The van der Waals surface area contributed by atoms with Crippen molar-refractivity contribution in [3.8, 4) is 5.75 Å². The van der Waals surface area contributed by atoms with E-state index >= 15 is 0 Å². The summed E-state index contributed by atoms with van der Waals surface area (Å²) in [5.41, 5.74) is 5.87. The number of amides is 1. The first kappa shape index (κ1) is 21.0. The normalized spacial score (nSPS) is 11.7. The molecule has 2 aromatic rings. The quantitative estimate of drug-likeness (QED) is 0.360. The van der Waals surface area contributed by atoms with E-state index in [-0.39, 0.29) is 5.91 Å². The number of hydrazine groups is 1. The van der Waals surface area contributed by atoms with Crippen LogP contribution in [-0.4, -0.2) is 24.7 Å². The van der Waals surface area contributed by atoms with Crippen LogP contribution in [0.1, 0.15) is 49.9 Å². The van der Waals surface area contributed by atoms with E-state index < -0.39 is 0 Å². The smallest absolute Gasteiger partial charge is 0.273 e. The van der Waals surface area contributed by atoms with Crippen LogP contribution in [0.3, 0.4) is 0 Å². The minimum atomic E-state index is -0.294. The number of hydrogen-bond acceptors (Lipinski definition) is 3. The molecule has 1 atom stereocenters. The zero-order valence-corrected chi connectivity index (χ0v) is 17.1. The molecule has 0 heterocycles. The van der Waals surface area contributed by atoms with Gasteiger partial charge in [0, 0.05) is 6.54 Å². The number of ether oxygens (including phenoxy) is 1. The van der Waals surface area contributed by atoms with E-state index in [1.165, 1.54) is 25.7 Å². The molecule has 6 heteroatoms. The van der Waals surface area contributed by atoms with Gasteiger partial charge in [-0.25, -0.2) is 0 Å². The monoisotopic (exact) mass is 387 g/mol. The highest BCUT2D eigenvalue weighted by Crippen LogP contribution is 2.25. The molecule has 0 aliphatic carbocycles. The molecule has 0 radical (unpaired) electrons. The average Bonchev–Trinajstić information content (AvgIpc) is 2.69. The molecule has 0 spiro atoms. The molecule has 0 saturated carbocycles. The molecule has 5 nitrogen and oxygen atoms in total. The summed E-state index contributed by atoms with van der Waals surface area (Å²) in [5, 5.41) is 5.55. The van der Waals surface area contributed by atoms with Gasteiger partial charge in [-0.15, -0.1) is 0 Å². The van der Waals surface area contributed by atoms with Crippen molar-refractivity contribution in [3.05, 3.63) is 42.0 Å². The average molecular weight is 388 g/mol. The largest absolute Gasteiger partial charge is 0.496 e. The van der Waals surface area contributed by atoms with Gasteiger partial charge >= 0.3 is 0 Å². The maximum atomic E-state index is 12.5. The maximum absolute atomic E-state index is 12.5. The molecule has 0 aliphatic heterocycles. The van der Waals surface area contributed by atoms with Gasteiger partial charge < -0.3 is 10.1 Å². The fraction of sp³-hybridized carbons (Fsp3) is 0.429. The van der Waals surface area contributed by atoms with Crippen LogP contribution >= 0.6 is 12.2 Å². The number of thiocarbonyl (C=S) groups is 1. The van der Waals surface area contributed by atoms with Gasteiger partial charge in [-0.1, -0.05) is 57.4 Å². The molecule has 0 fully saturated rings. The van der Waals surface area contributed by atoms with Crippen LogP contribution in [0.25, 0.3) is 10.8 Å². The van der Waals surface area contributed by atoms with Gasteiger partial charge in [0.25, 0.3) is 5.91 Å². The fourth-order valence-electron chi connectivity index (χ4n) is 2.90. The Bertz CT molecular complexity index is 779. The second-order valence-electron chi connectivity index (χ2n) is 6.79. The molecule has 0 saturated heterocycles. The highest BCUT2D eigenvalue weighted by molar-refractivity contribution is 7.80. The van der Waals surface area contributed by atoms with Gasteiger partial charge in [0.15, 0.2) is 5.11 Å². The number of methoxy groups -OCH3 is 1. The SMILES string of the molecule is CCCCC[C@H](C)CNC(=S)NNC(=O)c1cc2ccccc2cc1OC. The Balaban J connectivity index is 1.88. The van der Waals surface area contributed by atoms with Gasteiger partial charge in [0.1, 0.15) is 5.75 Å². The molecule has 3 N–H and O–H groups in total. The van der Waals surface area contributed by atoms with Crippen molar-refractivity contribution in [2.75, 3.05) is 13.7 Å². The summed E-state index contributed by atoms with van der Waals surface area (Å²) in [5.74, 6) is 0.766. The number of hydrogen-bond donors (Lipinski definition) is 3.